The molecule has 0 bridgehead atoms. The van der Waals surface area contributed by atoms with E-state index in [0.717, 1.165) is 35.7 Å². The highest BCUT2D eigenvalue weighted by molar-refractivity contribution is 7.91. The molecular weight excluding hydrogens is 361 g/mol. The molecule has 3 rings (SSSR count). The zero-order chi connectivity index (χ0) is 17.3. The standard InChI is InChI=1S/C15H15F3N2O2S2/c16-15(17,18)13(21)14-19-9-12(23-14)10-1-3-11(4-2-10)20-5-7-24(22)8-6-20/h1-4,9,13,21H,5-8H2. The lowest BCUT2D eigenvalue weighted by Gasteiger charge is -2.30. The highest BCUT2D eigenvalue weighted by atomic mass is 32.2. The highest BCUT2D eigenvalue weighted by Gasteiger charge is 2.41. The van der Waals surface area contributed by atoms with Gasteiger partial charge in [-0.25, -0.2) is 4.98 Å². The molecule has 2 aromatic rings. The fourth-order valence-electron chi connectivity index (χ4n) is 2.42. The van der Waals surface area contributed by atoms with Crippen molar-refractivity contribution < 1.29 is 22.8 Å². The molecule has 1 fully saturated rings. The number of hydrogen-bond acceptors (Lipinski definition) is 5. The molecule has 24 heavy (non-hydrogen) atoms. The summed E-state index contributed by atoms with van der Waals surface area (Å²) in [6, 6.07) is 7.42. The third-order valence-corrected chi connectivity index (χ3v) is 6.14. The molecule has 4 nitrogen and oxygen atoms in total. The van der Waals surface area contributed by atoms with Crippen molar-refractivity contribution in [1.29, 1.82) is 0 Å². The number of aliphatic hydroxyl groups is 1. The number of aliphatic hydroxyl groups excluding tert-OH is 1. The lowest BCUT2D eigenvalue weighted by atomic mass is 10.2. The van der Waals surface area contributed by atoms with Crippen LogP contribution in [0.4, 0.5) is 18.9 Å². The van der Waals surface area contributed by atoms with E-state index < -0.39 is 23.5 Å². The molecule has 0 spiro atoms. The molecule has 0 saturated carbocycles. The van der Waals surface area contributed by atoms with E-state index in [1.54, 1.807) is 0 Å². The first-order chi connectivity index (χ1) is 11.3. The Morgan fingerprint density at radius 2 is 1.83 bits per heavy atom. The number of aromatic nitrogens is 1. The van der Waals surface area contributed by atoms with Gasteiger partial charge in [-0.15, -0.1) is 11.3 Å². The summed E-state index contributed by atoms with van der Waals surface area (Å²) in [5.41, 5.74) is 1.74. The Morgan fingerprint density at radius 3 is 2.42 bits per heavy atom. The average molecular weight is 376 g/mol. The largest absolute Gasteiger partial charge is 0.616 e. The second-order valence-corrected chi connectivity index (χ2v) is 8.15. The summed E-state index contributed by atoms with van der Waals surface area (Å²) in [7, 11) is 0. The minimum absolute atomic E-state index is 0.361. The topological polar surface area (TPSA) is 59.4 Å². The molecule has 1 unspecified atom stereocenters. The van der Waals surface area contributed by atoms with E-state index in [0.29, 0.717) is 16.4 Å². The maximum Gasteiger partial charge on any atom is 0.420 e. The van der Waals surface area contributed by atoms with E-state index in [9.17, 15) is 22.8 Å². The summed E-state index contributed by atoms with van der Waals surface area (Å²) in [5.74, 6) is 1.30. The van der Waals surface area contributed by atoms with Gasteiger partial charge >= 0.3 is 6.18 Å². The van der Waals surface area contributed by atoms with Crippen molar-refractivity contribution in [1.82, 2.24) is 4.98 Å². The number of hydrogen-bond donors (Lipinski definition) is 1. The van der Waals surface area contributed by atoms with Crippen LogP contribution >= 0.6 is 11.3 Å². The maximum atomic E-state index is 12.5. The number of halogens is 3. The predicted molar refractivity (Wildman–Crippen MR) is 88.7 cm³/mol. The van der Waals surface area contributed by atoms with Crippen LogP contribution in [0.15, 0.2) is 30.5 Å². The van der Waals surface area contributed by atoms with E-state index >= 15 is 0 Å². The number of alkyl halides is 3. The first-order valence-electron chi connectivity index (χ1n) is 7.25. The summed E-state index contributed by atoms with van der Waals surface area (Å²) in [4.78, 5) is 6.39. The number of nitrogens with zero attached hydrogens (tertiary/aromatic N) is 2. The number of rotatable bonds is 3. The maximum absolute atomic E-state index is 12.5. The van der Waals surface area contributed by atoms with Crippen LogP contribution in [0.25, 0.3) is 10.4 Å². The summed E-state index contributed by atoms with van der Waals surface area (Å²) in [6.45, 7) is 1.46. The van der Waals surface area contributed by atoms with Gasteiger partial charge in [-0.3, -0.25) is 0 Å². The first kappa shape index (κ1) is 17.5. The first-order valence-corrected chi connectivity index (χ1v) is 9.56. The second-order valence-electron chi connectivity index (χ2n) is 5.39. The summed E-state index contributed by atoms with van der Waals surface area (Å²) in [6.07, 6.45) is -5.92. The van der Waals surface area contributed by atoms with Crippen molar-refractivity contribution >= 4 is 28.2 Å². The molecule has 2 heterocycles. The van der Waals surface area contributed by atoms with Gasteiger partial charge in [-0.05, 0) is 17.7 Å². The van der Waals surface area contributed by atoms with Crippen molar-refractivity contribution in [3.05, 3.63) is 35.5 Å². The molecule has 1 aliphatic heterocycles. The molecule has 1 aromatic heterocycles. The molecule has 0 aliphatic carbocycles. The van der Waals surface area contributed by atoms with E-state index in [-0.39, 0.29) is 5.01 Å². The van der Waals surface area contributed by atoms with Gasteiger partial charge in [-0.1, -0.05) is 23.3 Å². The Kier molecular flexibility index (Phi) is 5.05. The van der Waals surface area contributed by atoms with Gasteiger partial charge in [0.15, 0.2) is 0 Å². The monoisotopic (exact) mass is 376 g/mol. The summed E-state index contributed by atoms with van der Waals surface area (Å²) < 4.78 is 49.0. The molecule has 130 valence electrons. The van der Waals surface area contributed by atoms with Gasteiger partial charge in [0.05, 0.1) is 18.0 Å². The Bertz CT molecular complexity index is 683. The van der Waals surface area contributed by atoms with E-state index in [1.807, 2.05) is 24.3 Å². The fourth-order valence-corrected chi connectivity index (χ4v) is 4.41. The average Bonchev–Trinajstić information content (AvgIpc) is 3.04. The molecule has 1 saturated heterocycles. The molecule has 0 radical (unpaired) electrons. The summed E-state index contributed by atoms with van der Waals surface area (Å²) in [5, 5.41) is 8.88. The van der Waals surface area contributed by atoms with Gasteiger partial charge in [-0.2, -0.15) is 13.2 Å². The molecule has 1 aromatic carbocycles. The van der Waals surface area contributed by atoms with Gasteiger partial charge in [0.2, 0.25) is 6.10 Å². The smallest absolute Gasteiger partial charge is 0.420 e. The molecule has 1 N–H and O–H groups in total. The summed E-state index contributed by atoms with van der Waals surface area (Å²) >= 11 is 0.0859. The molecule has 1 aliphatic rings. The normalized spacial score (nSPS) is 18.0. The van der Waals surface area contributed by atoms with Crippen LogP contribution in [-0.4, -0.2) is 45.4 Å². The highest BCUT2D eigenvalue weighted by Crippen LogP contribution is 2.37. The zero-order valence-corrected chi connectivity index (χ0v) is 14.1. The molecule has 1 atom stereocenters. The van der Waals surface area contributed by atoms with Crippen LogP contribution in [0, 0.1) is 0 Å². The minimum Gasteiger partial charge on any atom is -0.616 e. The number of thiazole rings is 1. The van der Waals surface area contributed by atoms with Gasteiger partial charge in [0, 0.05) is 11.9 Å². The Labute approximate surface area is 144 Å². The van der Waals surface area contributed by atoms with Gasteiger partial charge in [0.1, 0.15) is 16.5 Å². The molecule has 0 amide bonds. The van der Waals surface area contributed by atoms with E-state index in [4.69, 9.17) is 0 Å². The third kappa shape index (κ3) is 3.85. The SMILES string of the molecule is [O-][S+]1CCN(c2ccc(-c3cnc(C(O)C(F)(F)F)s3)cc2)CC1. The van der Waals surface area contributed by atoms with E-state index in [2.05, 4.69) is 9.88 Å². The molecular formula is C15H15F3N2O2S2. The Hall–Kier alpha value is -1.29. The Balaban J connectivity index is 1.73. The zero-order valence-electron chi connectivity index (χ0n) is 12.5. The van der Waals surface area contributed by atoms with Crippen LogP contribution in [0.3, 0.4) is 0 Å². The number of benzene rings is 1. The second kappa shape index (κ2) is 6.91. The van der Waals surface area contributed by atoms with Crippen LogP contribution < -0.4 is 4.90 Å². The van der Waals surface area contributed by atoms with Crippen LogP contribution in [0.5, 0.6) is 0 Å². The number of anilines is 1. The van der Waals surface area contributed by atoms with Crippen LogP contribution in [0.1, 0.15) is 11.1 Å². The fraction of sp³-hybridized carbons (Fsp3) is 0.400. The van der Waals surface area contributed by atoms with Crippen molar-refractivity contribution in [2.75, 3.05) is 29.5 Å². The van der Waals surface area contributed by atoms with Crippen LogP contribution in [-0.2, 0) is 11.2 Å². The lowest BCUT2D eigenvalue weighted by Crippen LogP contribution is -2.40. The van der Waals surface area contributed by atoms with Crippen LogP contribution in [0.2, 0.25) is 0 Å². The minimum atomic E-state index is -4.71. The Morgan fingerprint density at radius 1 is 1.21 bits per heavy atom. The lowest BCUT2D eigenvalue weighted by molar-refractivity contribution is -0.206. The quantitative estimate of drug-likeness (QED) is 0.837. The van der Waals surface area contributed by atoms with Crippen molar-refractivity contribution in [3.63, 3.8) is 0 Å². The van der Waals surface area contributed by atoms with E-state index in [1.165, 1.54) is 6.20 Å². The van der Waals surface area contributed by atoms with Crippen molar-refractivity contribution in [3.8, 4) is 10.4 Å². The van der Waals surface area contributed by atoms with Gasteiger partial charge in [0.25, 0.3) is 0 Å². The third-order valence-electron chi connectivity index (χ3n) is 3.76. The van der Waals surface area contributed by atoms with Gasteiger partial charge < -0.3 is 14.6 Å². The van der Waals surface area contributed by atoms with Crippen molar-refractivity contribution in [2.45, 2.75) is 12.3 Å². The van der Waals surface area contributed by atoms with Crippen molar-refractivity contribution in [2.24, 2.45) is 0 Å². The molecule has 9 heteroatoms. The predicted octanol–water partition coefficient (Wildman–Crippen LogP) is 2.97.